The van der Waals surface area contributed by atoms with Crippen LogP contribution in [0, 0.1) is 0 Å². The molecule has 0 aliphatic heterocycles. The molecule has 0 saturated carbocycles. The van der Waals surface area contributed by atoms with Gasteiger partial charge in [0.1, 0.15) is 23.6 Å². The number of pyridine rings is 1. The Bertz CT molecular complexity index is 616. The van der Waals surface area contributed by atoms with E-state index >= 15 is 0 Å². The van der Waals surface area contributed by atoms with Gasteiger partial charge in [-0.3, -0.25) is 5.10 Å². The molecule has 0 fully saturated rings. The maximum Gasteiger partial charge on any atom is 0.139 e. The van der Waals surface area contributed by atoms with Crippen molar-refractivity contribution in [3.63, 3.8) is 0 Å². The van der Waals surface area contributed by atoms with Crippen LogP contribution in [0.4, 0.5) is 5.82 Å². The van der Waals surface area contributed by atoms with E-state index < -0.39 is 0 Å². The van der Waals surface area contributed by atoms with E-state index in [1.54, 1.807) is 12.5 Å². The molecule has 3 aromatic rings. The van der Waals surface area contributed by atoms with Gasteiger partial charge in [-0.1, -0.05) is 0 Å². The van der Waals surface area contributed by atoms with Crippen LogP contribution in [0.2, 0.25) is 0 Å². The minimum Gasteiger partial charge on any atom is -0.464 e. The van der Waals surface area contributed by atoms with Crippen LogP contribution in [0.5, 0.6) is 0 Å². The van der Waals surface area contributed by atoms with Gasteiger partial charge in [0.2, 0.25) is 0 Å². The summed E-state index contributed by atoms with van der Waals surface area (Å²) in [5, 5.41) is 11.0. The smallest absolute Gasteiger partial charge is 0.139 e. The van der Waals surface area contributed by atoms with Gasteiger partial charge in [0.05, 0.1) is 11.6 Å². The summed E-state index contributed by atoms with van der Waals surface area (Å²) in [6.45, 7) is 0.831. The molecule has 0 aliphatic carbocycles. The Hall–Kier alpha value is -2.37. The van der Waals surface area contributed by atoms with Gasteiger partial charge in [0.25, 0.3) is 0 Å². The van der Waals surface area contributed by atoms with Gasteiger partial charge in [-0.25, -0.2) is 9.97 Å². The van der Waals surface area contributed by atoms with E-state index in [1.807, 2.05) is 12.1 Å². The molecule has 0 radical (unpaired) electrons. The zero-order chi connectivity index (χ0) is 12.2. The van der Waals surface area contributed by atoms with Crippen molar-refractivity contribution < 1.29 is 4.42 Å². The van der Waals surface area contributed by atoms with Gasteiger partial charge in [0.15, 0.2) is 0 Å². The number of H-pyrrole nitrogens is 1. The van der Waals surface area contributed by atoms with Crippen LogP contribution >= 0.6 is 0 Å². The van der Waals surface area contributed by atoms with Crippen molar-refractivity contribution in [1.82, 2.24) is 20.2 Å². The average molecular weight is 243 g/mol. The zero-order valence-corrected chi connectivity index (χ0v) is 9.76. The number of aryl methyl sites for hydroxylation is 1. The van der Waals surface area contributed by atoms with Gasteiger partial charge in [-0.2, -0.15) is 5.10 Å². The van der Waals surface area contributed by atoms with Crippen molar-refractivity contribution >= 4 is 16.8 Å². The molecule has 0 bridgehead atoms. The molecule has 92 valence electrons. The average Bonchev–Trinajstić information content (AvgIpc) is 3.05. The number of rotatable bonds is 5. The standard InChI is InChI=1S/C12H13N5O/c1(2-11-15-8-16-17-11)5-13-12-9-4-7-18-10(9)3-6-14-12/h3-4,6-8H,1-2,5H2,(H,13,14)(H,15,16,17). The third-order valence-electron chi connectivity index (χ3n) is 2.73. The van der Waals surface area contributed by atoms with Crippen LogP contribution in [-0.2, 0) is 6.42 Å². The largest absolute Gasteiger partial charge is 0.464 e. The fraction of sp³-hybridized carbons (Fsp3) is 0.250. The Morgan fingerprint density at radius 2 is 2.28 bits per heavy atom. The Morgan fingerprint density at radius 1 is 1.28 bits per heavy atom. The van der Waals surface area contributed by atoms with Gasteiger partial charge in [-0.15, -0.1) is 0 Å². The second-order valence-electron chi connectivity index (χ2n) is 3.95. The van der Waals surface area contributed by atoms with E-state index in [0.717, 1.165) is 42.0 Å². The van der Waals surface area contributed by atoms with E-state index in [-0.39, 0.29) is 0 Å². The quantitative estimate of drug-likeness (QED) is 0.670. The number of hydrogen-bond acceptors (Lipinski definition) is 5. The summed E-state index contributed by atoms with van der Waals surface area (Å²) in [6.07, 6.45) is 6.77. The molecule has 0 aromatic carbocycles. The summed E-state index contributed by atoms with van der Waals surface area (Å²) in [7, 11) is 0. The number of fused-ring (bicyclic) bond motifs is 1. The molecular weight excluding hydrogens is 230 g/mol. The maximum absolute atomic E-state index is 5.32. The highest BCUT2D eigenvalue weighted by molar-refractivity contribution is 5.87. The third kappa shape index (κ3) is 2.17. The molecule has 6 nitrogen and oxygen atoms in total. The van der Waals surface area contributed by atoms with Gasteiger partial charge in [-0.05, 0) is 18.6 Å². The first-order chi connectivity index (χ1) is 8.93. The first kappa shape index (κ1) is 10.8. The molecule has 0 spiro atoms. The first-order valence-corrected chi connectivity index (χ1v) is 5.84. The van der Waals surface area contributed by atoms with Gasteiger partial charge in [0, 0.05) is 19.2 Å². The molecule has 0 saturated heterocycles. The molecule has 2 N–H and O–H groups in total. The highest BCUT2D eigenvalue weighted by atomic mass is 16.3. The summed E-state index contributed by atoms with van der Waals surface area (Å²) >= 11 is 0. The lowest BCUT2D eigenvalue weighted by atomic mass is 10.3. The molecule has 0 amide bonds. The van der Waals surface area contributed by atoms with Crippen molar-refractivity contribution in [2.75, 3.05) is 11.9 Å². The first-order valence-electron chi connectivity index (χ1n) is 5.84. The summed E-state index contributed by atoms with van der Waals surface area (Å²) in [5.74, 6) is 1.77. The maximum atomic E-state index is 5.32. The van der Waals surface area contributed by atoms with Crippen LogP contribution in [0.25, 0.3) is 11.0 Å². The summed E-state index contributed by atoms with van der Waals surface area (Å²) in [4.78, 5) is 8.38. The van der Waals surface area contributed by atoms with Crippen molar-refractivity contribution in [1.29, 1.82) is 0 Å². The lowest BCUT2D eigenvalue weighted by Crippen LogP contribution is -2.05. The molecule has 3 heterocycles. The Kier molecular flexibility index (Phi) is 2.91. The number of anilines is 1. The number of aromatic nitrogens is 4. The third-order valence-corrected chi connectivity index (χ3v) is 2.73. The Labute approximate surface area is 103 Å². The summed E-state index contributed by atoms with van der Waals surface area (Å²) in [6, 6.07) is 3.77. The van der Waals surface area contributed by atoms with Crippen LogP contribution in [0.3, 0.4) is 0 Å². The zero-order valence-electron chi connectivity index (χ0n) is 9.76. The molecular formula is C12H13N5O. The summed E-state index contributed by atoms with van der Waals surface area (Å²) < 4.78 is 5.32. The van der Waals surface area contributed by atoms with E-state index in [1.165, 1.54) is 6.33 Å². The van der Waals surface area contributed by atoms with Gasteiger partial charge >= 0.3 is 0 Å². The van der Waals surface area contributed by atoms with Crippen molar-refractivity contribution in [3.8, 4) is 0 Å². The lowest BCUT2D eigenvalue weighted by Gasteiger charge is -2.05. The predicted octanol–water partition coefficient (Wildman–Crippen LogP) is 1.99. The topological polar surface area (TPSA) is 79.6 Å². The van der Waals surface area contributed by atoms with Crippen LogP contribution in [0.1, 0.15) is 12.2 Å². The minimum atomic E-state index is 0.831. The van der Waals surface area contributed by atoms with Crippen LogP contribution < -0.4 is 5.32 Å². The molecule has 3 rings (SSSR count). The van der Waals surface area contributed by atoms with Crippen molar-refractivity contribution in [3.05, 3.63) is 36.7 Å². The van der Waals surface area contributed by atoms with E-state index in [4.69, 9.17) is 4.42 Å². The predicted molar refractivity (Wildman–Crippen MR) is 67.2 cm³/mol. The monoisotopic (exact) mass is 243 g/mol. The molecule has 3 aromatic heterocycles. The van der Waals surface area contributed by atoms with Gasteiger partial charge < -0.3 is 9.73 Å². The highest BCUT2D eigenvalue weighted by Crippen LogP contribution is 2.21. The van der Waals surface area contributed by atoms with Crippen LogP contribution in [0.15, 0.2) is 35.3 Å². The van der Waals surface area contributed by atoms with E-state index in [0.29, 0.717) is 0 Å². The van der Waals surface area contributed by atoms with Crippen molar-refractivity contribution in [2.24, 2.45) is 0 Å². The molecule has 0 atom stereocenters. The SMILES string of the molecule is c1n[nH]c(CCCNc2nccc3occc23)n1. The summed E-state index contributed by atoms with van der Waals surface area (Å²) in [5.41, 5.74) is 0.850. The minimum absolute atomic E-state index is 0.831. The van der Waals surface area contributed by atoms with Crippen molar-refractivity contribution in [2.45, 2.75) is 12.8 Å². The number of nitrogens with one attached hydrogen (secondary N) is 2. The second-order valence-corrected chi connectivity index (χ2v) is 3.95. The molecule has 18 heavy (non-hydrogen) atoms. The fourth-order valence-electron chi connectivity index (χ4n) is 1.85. The fourth-order valence-corrected chi connectivity index (χ4v) is 1.85. The van der Waals surface area contributed by atoms with E-state index in [9.17, 15) is 0 Å². The van der Waals surface area contributed by atoms with Crippen LogP contribution in [-0.4, -0.2) is 26.7 Å². The normalized spacial score (nSPS) is 10.9. The Balaban J connectivity index is 1.58. The number of aromatic amines is 1. The van der Waals surface area contributed by atoms with E-state index in [2.05, 4.69) is 25.5 Å². The number of nitrogens with zero attached hydrogens (tertiary/aromatic N) is 3. The Morgan fingerprint density at radius 3 is 3.17 bits per heavy atom. The molecule has 0 unspecified atom stereocenters. The lowest BCUT2D eigenvalue weighted by molar-refractivity contribution is 0.615. The molecule has 6 heteroatoms. The molecule has 0 aliphatic rings. The second kappa shape index (κ2) is 4.87. The number of hydrogen-bond donors (Lipinski definition) is 2. The highest BCUT2D eigenvalue weighted by Gasteiger charge is 2.03. The number of furan rings is 1.